The Morgan fingerprint density at radius 3 is 2.95 bits per heavy atom. The van der Waals surface area contributed by atoms with Crippen LogP contribution in [0.25, 0.3) is 0 Å². The monoisotopic (exact) mass is 394 g/mol. The molecule has 0 spiro atoms. The molecule has 2 rings (SSSR count). The lowest BCUT2D eigenvalue weighted by Crippen LogP contribution is -2.36. The second-order valence-electron chi connectivity index (χ2n) is 5.50. The van der Waals surface area contributed by atoms with Crippen molar-refractivity contribution in [3.63, 3.8) is 0 Å². The lowest BCUT2D eigenvalue weighted by atomic mass is 10.1. The van der Waals surface area contributed by atoms with E-state index < -0.39 is 5.97 Å². The second-order valence-corrected chi connectivity index (χ2v) is 8.10. The average molecular weight is 396 g/mol. The van der Waals surface area contributed by atoms with E-state index in [1.807, 2.05) is 11.9 Å². The van der Waals surface area contributed by atoms with Gasteiger partial charge in [0.15, 0.2) is 0 Å². The Labute approximate surface area is 142 Å². The molecular weight excluding hydrogens is 376 g/mol. The summed E-state index contributed by atoms with van der Waals surface area (Å²) in [5, 5.41) is 8.89. The number of hydrogen-bond donors (Lipinski definition) is 1. The van der Waals surface area contributed by atoms with Crippen molar-refractivity contribution in [2.24, 2.45) is 0 Å². The molecule has 1 fully saturated rings. The number of nitrogens with zero attached hydrogens (tertiary/aromatic N) is 2. The highest BCUT2D eigenvalue weighted by Crippen LogP contribution is 2.33. The number of rotatable bonds is 5. The van der Waals surface area contributed by atoms with Crippen molar-refractivity contribution in [3.8, 4) is 0 Å². The van der Waals surface area contributed by atoms with Crippen LogP contribution >= 0.6 is 38.9 Å². The number of thiophene rings is 1. The molecule has 2 heterocycles. The SMILES string of the molecule is CN(CC(=O)O)C1CCCN(Cc2cc(Br)c(Cl)s2)CC1. The molecule has 0 bridgehead atoms. The molecule has 1 atom stereocenters. The number of carbonyl (C=O) groups is 1. The van der Waals surface area contributed by atoms with Crippen molar-refractivity contribution < 1.29 is 9.90 Å². The normalized spacial score (nSPS) is 20.7. The fourth-order valence-corrected chi connectivity index (χ4v) is 4.60. The minimum absolute atomic E-state index is 0.123. The topological polar surface area (TPSA) is 43.8 Å². The summed E-state index contributed by atoms with van der Waals surface area (Å²) in [7, 11) is 1.91. The highest BCUT2D eigenvalue weighted by molar-refractivity contribution is 9.10. The zero-order chi connectivity index (χ0) is 15.4. The van der Waals surface area contributed by atoms with Gasteiger partial charge in [-0.2, -0.15) is 0 Å². The number of hydrogen-bond acceptors (Lipinski definition) is 4. The van der Waals surface area contributed by atoms with Crippen LogP contribution < -0.4 is 0 Å². The van der Waals surface area contributed by atoms with Gasteiger partial charge in [0, 0.05) is 28.5 Å². The lowest BCUT2D eigenvalue weighted by molar-refractivity contribution is -0.138. The van der Waals surface area contributed by atoms with Crippen LogP contribution in [0, 0.1) is 0 Å². The maximum Gasteiger partial charge on any atom is 0.317 e. The largest absolute Gasteiger partial charge is 0.480 e. The molecule has 1 aliphatic heterocycles. The van der Waals surface area contributed by atoms with Gasteiger partial charge in [0.1, 0.15) is 4.34 Å². The predicted octanol–water partition coefficient (Wildman–Crippen LogP) is 3.53. The Morgan fingerprint density at radius 2 is 2.33 bits per heavy atom. The van der Waals surface area contributed by atoms with E-state index in [0.717, 1.165) is 47.7 Å². The molecule has 118 valence electrons. The molecule has 1 saturated heterocycles. The Balaban J connectivity index is 1.87. The van der Waals surface area contributed by atoms with Crippen molar-refractivity contribution in [3.05, 3.63) is 19.8 Å². The Morgan fingerprint density at radius 1 is 1.57 bits per heavy atom. The van der Waals surface area contributed by atoms with E-state index in [9.17, 15) is 4.79 Å². The standard InChI is InChI=1S/C14H20BrClN2O2S/c1-17(9-13(19)20)10-3-2-5-18(6-4-10)8-11-7-12(15)14(16)21-11/h7,10H,2-6,8-9H2,1H3,(H,19,20). The molecule has 0 aromatic carbocycles. The molecule has 4 nitrogen and oxygen atoms in total. The molecule has 7 heteroatoms. The molecule has 21 heavy (non-hydrogen) atoms. The van der Waals surface area contributed by atoms with E-state index in [1.165, 1.54) is 4.88 Å². The van der Waals surface area contributed by atoms with Crippen LogP contribution in [0.2, 0.25) is 4.34 Å². The van der Waals surface area contributed by atoms with Gasteiger partial charge < -0.3 is 5.11 Å². The molecule has 1 aromatic rings. The number of likely N-dealkylation sites (N-methyl/N-ethyl adjacent to an activating group) is 1. The quantitative estimate of drug-likeness (QED) is 0.828. The van der Waals surface area contributed by atoms with Crippen LogP contribution in [0.1, 0.15) is 24.1 Å². The maximum atomic E-state index is 10.8. The zero-order valence-electron chi connectivity index (χ0n) is 12.0. The van der Waals surface area contributed by atoms with Crippen molar-refractivity contribution in [2.45, 2.75) is 31.8 Å². The third-order valence-electron chi connectivity index (χ3n) is 3.87. The molecule has 1 N–H and O–H groups in total. The minimum Gasteiger partial charge on any atom is -0.480 e. The van der Waals surface area contributed by atoms with E-state index >= 15 is 0 Å². The molecule has 0 radical (unpaired) electrons. The number of aliphatic carboxylic acids is 1. The number of carboxylic acid groups (broad SMARTS) is 1. The summed E-state index contributed by atoms with van der Waals surface area (Å²) >= 11 is 11.1. The highest BCUT2D eigenvalue weighted by atomic mass is 79.9. The summed E-state index contributed by atoms with van der Waals surface area (Å²) in [5.41, 5.74) is 0. The summed E-state index contributed by atoms with van der Waals surface area (Å²) in [6.07, 6.45) is 3.19. The molecule has 0 amide bonds. The smallest absolute Gasteiger partial charge is 0.317 e. The van der Waals surface area contributed by atoms with E-state index in [-0.39, 0.29) is 6.54 Å². The van der Waals surface area contributed by atoms with Gasteiger partial charge in [0.25, 0.3) is 0 Å². The van der Waals surface area contributed by atoms with Gasteiger partial charge in [-0.15, -0.1) is 11.3 Å². The molecular formula is C14H20BrClN2O2S. The lowest BCUT2D eigenvalue weighted by Gasteiger charge is -2.25. The second kappa shape index (κ2) is 7.92. The average Bonchev–Trinajstić information content (AvgIpc) is 2.61. The summed E-state index contributed by atoms with van der Waals surface area (Å²) in [5.74, 6) is -0.753. The first-order valence-electron chi connectivity index (χ1n) is 7.04. The van der Waals surface area contributed by atoms with Gasteiger partial charge in [-0.1, -0.05) is 11.6 Å². The first kappa shape index (κ1) is 17.2. The first-order valence-corrected chi connectivity index (χ1v) is 9.02. The van der Waals surface area contributed by atoms with E-state index in [2.05, 4.69) is 26.9 Å². The molecule has 0 aliphatic carbocycles. The maximum absolute atomic E-state index is 10.8. The van der Waals surface area contributed by atoms with Crippen molar-refractivity contribution in [2.75, 3.05) is 26.7 Å². The Hall–Kier alpha value is -0.140. The summed E-state index contributed by atoms with van der Waals surface area (Å²) in [4.78, 5) is 16.5. The van der Waals surface area contributed by atoms with Gasteiger partial charge in [-0.25, -0.2) is 0 Å². The fourth-order valence-electron chi connectivity index (χ4n) is 2.77. The van der Waals surface area contributed by atoms with E-state index in [1.54, 1.807) is 11.3 Å². The van der Waals surface area contributed by atoms with Gasteiger partial charge in [0.2, 0.25) is 0 Å². The molecule has 1 aliphatic rings. The molecule has 0 saturated carbocycles. The van der Waals surface area contributed by atoms with Crippen LogP contribution in [-0.4, -0.2) is 53.6 Å². The Bertz CT molecular complexity index is 478. The van der Waals surface area contributed by atoms with Crippen molar-refractivity contribution in [1.82, 2.24) is 9.80 Å². The van der Waals surface area contributed by atoms with Gasteiger partial charge in [0.05, 0.1) is 6.54 Å². The molecule has 1 aromatic heterocycles. The van der Waals surface area contributed by atoms with Crippen molar-refractivity contribution >= 4 is 44.8 Å². The van der Waals surface area contributed by atoms with Gasteiger partial charge in [-0.3, -0.25) is 14.6 Å². The Kier molecular flexibility index (Phi) is 6.50. The third-order valence-corrected chi connectivity index (χ3v) is 6.33. The van der Waals surface area contributed by atoms with Crippen molar-refractivity contribution in [1.29, 1.82) is 0 Å². The number of likely N-dealkylation sites (tertiary alicyclic amines) is 1. The highest BCUT2D eigenvalue weighted by Gasteiger charge is 2.22. The van der Waals surface area contributed by atoms with Crippen LogP contribution in [-0.2, 0) is 11.3 Å². The van der Waals surface area contributed by atoms with E-state index in [0.29, 0.717) is 6.04 Å². The van der Waals surface area contributed by atoms with Crippen LogP contribution in [0.3, 0.4) is 0 Å². The predicted molar refractivity (Wildman–Crippen MR) is 90.2 cm³/mol. The van der Waals surface area contributed by atoms with Gasteiger partial charge in [-0.05, 0) is 54.9 Å². The van der Waals surface area contributed by atoms with Crippen LogP contribution in [0.5, 0.6) is 0 Å². The zero-order valence-corrected chi connectivity index (χ0v) is 15.2. The van der Waals surface area contributed by atoms with Crippen LogP contribution in [0.4, 0.5) is 0 Å². The summed E-state index contributed by atoms with van der Waals surface area (Å²) in [6, 6.07) is 2.45. The summed E-state index contributed by atoms with van der Waals surface area (Å²) in [6.45, 7) is 3.11. The summed E-state index contributed by atoms with van der Waals surface area (Å²) < 4.78 is 1.77. The number of carboxylic acids is 1. The number of halogens is 2. The van der Waals surface area contributed by atoms with Gasteiger partial charge >= 0.3 is 5.97 Å². The van der Waals surface area contributed by atoms with Crippen LogP contribution in [0.15, 0.2) is 10.5 Å². The molecule has 1 unspecified atom stereocenters. The van der Waals surface area contributed by atoms with E-state index in [4.69, 9.17) is 16.7 Å². The third kappa shape index (κ3) is 5.21. The minimum atomic E-state index is -0.753. The first-order chi connectivity index (χ1) is 9.95. The fraction of sp³-hybridized carbons (Fsp3) is 0.643.